The maximum atomic E-state index is 12.3. The third-order valence-corrected chi connectivity index (χ3v) is 1.69. The molecule has 0 saturated carbocycles. The van der Waals surface area contributed by atoms with E-state index in [0.717, 1.165) is 6.07 Å². The Kier molecular flexibility index (Phi) is 2.59. The van der Waals surface area contributed by atoms with Gasteiger partial charge in [0, 0.05) is 17.3 Å². The summed E-state index contributed by atoms with van der Waals surface area (Å²) in [5.74, 6) is -0.350. The molecule has 14 heavy (non-hydrogen) atoms. The van der Waals surface area contributed by atoms with Gasteiger partial charge in [0.05, 0.1) is 4.92 Å². The first-order chi connectivity index (χ1) is 6.43. The number of nitrogens with two attached hydrogens (primary N) is 1. The molecule has 0 unspecified atom stereocenters. The number of pyridine rings is 1. The number of aromatic nitrogens is 1. The fourth-order valence-electron chi connectivity index (χ4n) is 0.995. The summed E-state index contributed by atoms with van der Waals surface area (Å²) in [6.07, 6.45) is -2.79. The van der Waals surface area contributed by atoms with Crippen molar-refractivity contribution >= 4 is 11.5 Å². The predicted octanol–water partition coefficient (Wildman–Crippen LogP) is 1.82. The van der Waals surface area contributed by atoms with E-state index in [4.69, 9.17) is 5.73 Å². The second-order valence-corrected chi connectivity index (χ2v) is 2.63. The summed E-state index contributed by atoms with van der Waals surface area (Å²) < 4.78 is 24.6. The zero-order valence-electron chi connectivity index (χ0n) is 7.20. The lowest BCUT2D eigenvalue weighted by Crippen LogP contribution is -2.03. The molecule has 0 aliphatic rings. The van der Waals surface area contributed by atoms with Crippen LogP contribution in [0, 0.1) is 17.0 Å². The minimum absolute atomic E-state index is 0.00287. The van der Waals surface area contributed by atoms with Crippen molar-refractivity contribution in [3.63, 3.8) is 0 Å². The van der Waals surface area contributed by atoms with Crippen molar-refractivity contribution in [2.45, 2.75) is 13.3 Å². The van der Waals surface area contributed by atoms with Crippen molar-refractivity contribution < 1.29 is 13.7 Å². The normalized spacial score (nSPS) is 10.6. The number of alkyl halides is 2. The fourth-order valence-corrected chi connectivity index (χ4v) is 0.995. The van der Waals surface area contributed by atoms with Gasteiger partial charge >= 0.3 is 5.69 Å². The highest BCUT2D eigenvalue weighted by Crippen LogP contribution is 2.28. The van der Waals surface area contributed by atoms with Crippen molar-refractivity contribution in [3.05, 3.63) is 27.4 Å². The van der Waals surface area contributed by atoms with Gasteiger partial charge in [-0.05, 0) is 6.92 Å². The molecule has 2 N–H and O–H groups in total. The SMILES string of the molecule is Cc1nc(N)c([N+](=O)[O-])cc1C(F)F. The molecule has 7 heteroatoms. The minimum Gasteiger partial charge on any atom is -0.378 e. The van der Waals surface area contributed by atoms with E-state index in [1.807, 2.05) is 0 Å². The predicted molar refractivity (Wildman–Crippen MR) is 45.0 cm³/mol. The Morgan fingerprint density at radius 1 is 1.64 bits per heavy atom. The third-order valence-electron chi connectivity index (χ3n) is 1.69. The molecule has 0 spiro atoms. The van der Waals surface area contributed by atoms with Crippen LogP contribution in [0.5, 0.6) is 0 Å². The van der Waals surface area contributed by atoms with Crippen LogP contribution < -0.4 is 5.73 Å². The molecule has 0 atom stereocenters. The molecule has 76 valence electrons. The minimum atomic E-state index is -2.79. The second-order valence-electron chi connectivity index (χ2n) is 2.63. The van der Waals surface area contributed by atoms with E-state index in [0.29, 0.717) is 0 Å². The van der Waals surface area contributed by atoms with Crippen molar-refractivity contribution in [1.29, 1.82) is 0 Å². The summed E-state index contributed by atoms with van der Waals surface area (Å²) in [7, 11) is 0. The summed E-state index contributed by atoms with van der Waals surface area (Å²) in [6.45, 7) is 1.32. The molecule has 0 radical (unpaired) electrons. The third kappa shape index (κ3) is 1.76. The van der Waals surface area contributed by atoms with E-state index in [1.165, 1.54) is 6.92 Å². The van der Waals surface area contributed by atoms with Gasteiger partial charge in [-0.15, -0.1) is 0 Å². The maximum Gasteiger partial charge on any atom is 0.311 e. The van der Waals surface area contributed by atoms with Gasteiger partial charge in [-0.1, -0.05) is 0 Å². The molecule has 0 bridgehead atoms. The molecule has 0 fully saturated rings. The van der Waals surface area contributed by atoms with Crippen LogP contribution in [-0.4, -0.2) is 9.91 Å². The zero-order chi connectivity index (χ0) is 10.9. The molecule has 1 aromatic rings. The first-order valence-electron chi connectivity index (χ1n) is 3.63. The van der Waals surface area contributed by atoms with Gasteiger partial charge in [-0.3, -0.25) is 10.1 Å². The second kappa shape index (κ2) is 3.52. The quantitative estimate of drug-likeness (QED) is 0.587. The van der Waals surface area contributed by atoms with Gasteiger partial charge in [-0.2, -0.15) is 0 Å². The van der Waals surface area contributed by atoms with Crippen LogP contribution in [0.4, 0.5) is 20.3 Å². The summed E-state index contributed by atoms with van der Waals surface area (Å²) in [5, 5.41) is 10.3. The standard InChI is InChI=1S/C7H7F2N3O2/c1-3-4(6(8)9)2-5(12(13)14)7(10)11-3/h2,6H,1H3,(H2,10,11). The van der Waals surface area contributed by atoms with E-state index in [1.54, 1.807) is 0 Å². The lowest BCUT2D eigenvalue weighted by Gasteiger charge is -2.04. The first kappa shape index (κ1) is 10.3. The van der Waals surface area contributed by atoms with E-state index >= 15 is 0 Å². The van der Waals surface area contributed by atoms with Gasteiger partial charge in [0.2, 0.25) is 5.82 Å². The number of hydrogen-bond acceptors (Lipinski definition) is 4. The number of nitrogen functional groups attached to an aromatic ring is 1. The summed E-state index contributed by atoms with van der Waals surface area (Å²) in [6, 6.07) is 0.752. The van der Waals surface area contributed by atoms with Crippen LogP contribution in [0.1, 0.15) is 17.7 Å². The molecular formula is C7H7F2N3O2. The van der Waals surface area contributed by atoms with E-state index in [2.05, 4.69) is 4.98 Å². The summed E-state index contributed by atoms with van der Waals surface area (Å²) in [5.41, 5.74) is 4.14. The average Bonchev–Trinajstić information content (AvgIpc) is 2.02. The Balaban J connectivity index is 3.34. The molecule has 0 aromatic carbocycles. The van der Waals surface area contributed by atoms with Gasteiger partial charge in [0.1, 0.15) is 0 Å². The Hall–Kier alpha value is -1.79. The topological polar surface area (TPSA) is 82.0 Å². The van der Waals surface area contributed by atoms with Gasteiger partial charge in [0.15, 0.2) is 0 Å². The first-order valence-corrected chi connectivity index (χ1v) is 3.63. The number of nitro groups is 1. The molecular weight excluding hydrogens is 196 g/mol. The van der Waals surface area contributed by atoms with E-state index in [9.17, 15) is 18.9 Å². The number of halogens is 2. The zero-order valence-corrected chi connectivity index (χ0v) is 7.20. The Labute approximate surface area is 77.7 Å². The van der Waals surface area contributed by atoms with Crippen LogP contribution in [0.25, 0.3) is 0 Å². The van der Waals surface area contributed by atoms with Crippen LogP contribution in [0.2, 0.25) is 0 Å². The lowest BCUT2D eigenvalue weighted by molar-refractivity contribution is -0.384. The molecule has 1 aromatic heterocycles. The molecule has 0 aliphatic heterocycles. The molecule has 0 amide bonds. The fraction of sp³-hybridized carbons (Fsp3) is 0.286. The summed E-state index contributed by atoms with van der Waals surface area (Å²) in [4.78, 5) is 13.0. The van der Waals surface area contributed by atoms with E-state index in [-0.39, 0.29) is 11.5 Å². The Morgan fingerprint density at radius 2 is 2.21 bits per heavy atom. The highest BCUT2D eigenvalue weighted by Gasteiger charge is 2.20. The average molecular weight is 203 g/mol. The smallest absolute Gasteiger partial charge is 0.311 e. The van der Waals surface area contributed by atoms with Crippen LogP contribution in [-0.2, 0) is 0 Å². The molecule has 0 saturated heterocycles. The molecule has 1 heterocycles. The Bertz CT molecular complexity index is 381. The van der Waals surface area contributed by atoms with Crippen molar-refractivity contribution in [2.75, 3.05) is 5.73 Å². The molecule has 5 nitrogen and oxygen atoms in total. The summed E-state index contributed by atoms with van der Waals surface area (Å²) >= 11 is 0. The highest BCUT2D eigenvalue weighted by atomic mass is 19.3. The van der Waals surface area contributed by atoms with Crippen LogP contribution >= 0.6 is 0 Å². The number of hydrogen-bond donors (Lipinski definition) is 1. The Morgan fingerprint density at radius 3 is 2.64 bits per heavy atom. The number of anilines is 1. The monoisotopic (exact) mass is 203 g/mol. The van der Waals surface area contributed by atoms with Crippen molar-refractivity contribution in [1.82, 2.24) is 4.98 Å². The van der Waals surface area contributed by atoms with Gasteiger partial charge in [-0.25, -0.2) is 13.8 Å². The molecule has 0 aliphatic carbocycles. The largest absolute Gasteiger partial charge is 0.378 e. The van der Waals surface area contributed by atoms with Crippen LogP contribution in [0.15, 0.2) is 6.07 Å². The van der Waals surface area contributed by atoms with Gasteiger partial charge < -0.3 is 5.73 Å². The number of rotatable bonds is 2. The number of nitrogens with zero attached hydrogens (tertiary/aromatic N) is 2. The van der Waals surface area contributed by atoms with Gasteiger partial charge in [0.25, 0.3) is 6.43 Å². The maximum absolute atomic E-state index is 12.3. The van der Waals surface area contributed by atoms with Crippen molar-refractivity contribution in [2.24, 2.45) is 0 Å². The highest BCUT2D eigenvalue weighted by molar-refractivity contribution is 5.54. The number of aryl methyl sites for hydroxylation is 1. The van der Waals surface area contributed by atoms with Crippen LogP contribution in [0.3, 0.4) is 0 Å². The lowest BCUT2D eigenvalue weighted by atomic mass is 10.2. The van der Waals surface area contributed by atoms with E-state index < -0.39 is 22.6 Å². The molecule has 1 rings (SSSR count). The van der Waals surface area contributed by atoms with Crippen molar-refractivity contribution in [3.8, 4) is 0 Å².